The highest BCUT2D eigenvalue weighted by molar-refractivity contribution is 6.77. The van der Waals surface area contributed by atoms with Crippen molar-refractivity contribution in [3.63, 3.8) is 0 Å². The minimum atomic E-state index is -2.28. The van der Waals surface area contributed by atoms with E-state index in [4.69, 9.17) is 4.11 Å². The molecule has 0 N–H and O–H groups in total. The molecule has 3 nitrogen and oxygen atoms in total. The predicted molar refractivity (Wildman–Crippen MR) is 92.8 cm³/mol. The minimum absolute atomic E-state index is 0.457. The van der Waals surface area contributed by atoms with Crippen LogP contribution in [-0.4, -0.2) is 23.4 Å². The van der Waals surface area contributed by atoms with Gasteiger partial charge in [0.25, 0.3) is 0 Å². The van der Waals surface area contributed by atoms with Crippen LogP contribution < -0.4 is 10.3 Å². The van der Waals surface area contributed by atoms with E-state index in [9.17, 15) is 0 Å². The lowest BCUT2D eigenvalue weighted by Crippen LogP contribution is -2.56. The fraction of sp³-hybridized carbons (Fsp3) is 0.167. The molecule has 3 aromatic rings. The van der Waals surface area contributed by atoms with Crippen LogP contribution in [0.15, 0.2) is 54.9 Å². The van der Waals surface area contributed by atoms with Crippen molar-refractivity contribution in [2.45, 2.75) is 13.8 Å². The minimum Gasteiger partial charge on any atom is -0.394 e. The number of anilines is 1. The molecule has 2 heterocycles. The summed E-state index contributed by atoms with van der Waals surface area (Å²) in [5.74, 6) is 0.795. The van der Waals surface area contributed by atoms with Crippen LogP contribution in [0.4, 0.5) is 5.69 Å². The standard InChI is InChI=1S/C18H18BN3/c1-13-7-6-8-14(2)17(13)19-21(3)16-10-5-4-9-15(16)18-20-11-12-22(18)19/h4-12H,1-3H3/i3D3. The highest BCUT2D eigenvalue weighted by Crippen LogP contribution is 2.34. The SMILES string of the molecule is [2H]C([2H])([2H])N1B(c2c(C)cccc2C)n2ccnc2-c2ccccc21. The summed E-state index contributed by atoms with van der Waals surface area (Å²) in [5.41, 5.74) is 4.67. The number of hydrogen-bond acceptors (Lipinski definition) is 2. The van der Waals surface area contributed by atoms with Gasteiger partial charge in [0.1, 0.15) is 5.82 Å². The van der Waals surface area contributed by atoms with Crippen LogP contribution in [0.1, 0.15) is 15.2 Å². The summed E-state index contributed by atoms with van der Waals surface area (Å²) in [6.07, 6.45) is 3.59. The van der Waals surface area contributed by atoms with Crippen molar-refractivity contribution in [3.05, 3.63) is 66.0 Å². The maximum absolute atomic E-state index is 8.20. The molecule has 4 heteroatoms. The van der Waals surface area contributed by atoms with Crippen molar-refractivity contribution in [1.82, 2.24) is 9.46 Å². The second-order valence-corrected chi connectivity index (χ2v) is 5.72. The third-order valence-electron chi connectivity index (χ3n) is 4.38. The lowest BCUT2D eigenvalue weighted by atomic mass is 9.60. The van der Waals surface area contributed by atoms with Gasteiger partial charge < -0.3 is 9.29 Å². The second kappa shape index (κ2) is 4.77. The van der Waals surface area contributed by atoms with Crippen molar-refractivity contribution >= 4 is 18.1 Å². The Hall–Kier alpha value is -2.49. The van der Waals surface area contributed by atoms with Gasteiger partial charge in [-0.25, -0.2) is 4.98 Å². The molecule has 0 spiro atoms. The van der Waals surface area contributed by atoms with Gasteiger partial charge >= 0.3 is 6.98 Å². The van der Waals surface area contributed by atoms with E-state index in [1.807, 2.05) is 67.0 Å². The monoisotopic (exact) mass is 290 g/mol. The Kier molecular flexibility index (Phi) is 2.23. The number of nitrogens with zero attached hydrogens (tertiary/aromatic N) is 3. The molecule has 1 aliphatic heterocycles. The fourth-order valence-corrected chi connectivity index (χ4v) is 3.35. The zero-order valence-corrected chi connectivity index (χ0v) is 12.6. The van der Waals surface area contributed by atoms with Gasteiger partial charge in [-0.05, 0) is 38.4 Å². The highest BCUT2D eigenvalue weighted by Gasteiger charge is 2.36. The Morgan fingerprint density at radius 1 is 1.05 bits per heavy atom. The molecular formula is C18H18BN3. The van der Waals surface area contributed by atoms with Crippen molar-refractivity contribution in [1.29, 1.82) is 0 Å². The topological polar surface area (TPSA) is 21.1 Å². The summed E-state index contributed by atoms with van der Waals surface area (Å²) in [6, 6.07) is 13.6. The largest absolute Gasteiger partial charge is 0.417 e. The smallest absolute Gasteiger partial charge is 0.394 e. The number of aryl methyl sites for hydroxylation is 2. The Bertz CT molecular complexity index is 928. The molecule has 1 aromatic heterocycles. The zero-order valence-electron chi connectivity index (χ0n) is 15.6. The van der Waals surface area contributed by atoms with Crippen LogP contribution in [-0.2, 0) is 0 Å². The van der Waals surface area contributed by atoms with Crippen LogP contribution in [0.5, 0.6) is 0 Å². The zero-order chi connectivity index (χ0) is 17.8. The Morgan fingerprint density at radius 2 is 1.82 bits per heavy atom. The lowest BCUT2D eigenvalue weighted by Gasteiger charge is -2.36. The van der Waals surface area contributed by atoms with Gasteiger partial charge in [-0.15, -0.1) is 0 Å². The molecule has 108 valence electrons. The average molecular weight is 290 g/mol. The van der Waals surface area contributed by atoms with Gasteiger partial charge in [0.2, 0.25) is 0 Å². The predicted octanol–water partition coefficient (Wildman–Crippen LogP) is 2.86. The summed E-state index contributed by atoms with van der Waals surface area (Å²) < 4.78 is 26.6. The van der Waals surface area contributed by atoms with E-state index in [0.717, 1.165) is 28.0 Å². The average Bonchev–Trinajstić information content (AvgIpc) is 3.03. The first-order valence-electron chi connectivity index (χ1n) is 8.87. The summed E-state index contributed by atoms with van der Waals surface area (Å²) in [5, 5.41) is 0. The number of rotatable bonds is 1. The first-order chi connectivity index (χ1) is 11.9. The van der Waals surface area contributed by atoms with E-state index >= 15 is 0 Å². The van der Waals surface area contributed by atoms with Gasteiger partial charge in [0.15, 0.2) is 0 Å². The van der Waals surface area contributed by atoms with Crippen LogP contribution in [0.3, 0.4) is 0 Å². The third-order valence-corrected chi connectivity index (χ3v) is 4.38. The summed E-state index contributed by atoms with van der Waals surface area (Å²) in [7, 11) is 0. The molecule has 0 atom stereocenters. The molecule has 0 amide bonds. The molecule has 0 unspecified atom stereocenters. The summed E-state index contributed by atoms with van der Waals surface area (Å²) in [6.45, 7) is 1.31. The number of hydrogen-bond donors (Lipinski definition) is 0. The quantitative estimate of drug-likeness (QED) is 0.643. The van der Waals surface area contributed by atoms with Crippen LogP contribution in [0, 0.1) is 13.8 Å². The van der Waals surface area contributed by atoms with E-state index in [0.29, 0.717) is 5.69 Å². The molecule has 0 bridgehead atoms. The molecule has 0 saturated carbocycles. The normalized spacial score (nSPS) is 15.6. The van der Waals surface area contributed by atoms with Gasteiger partial charge in [-0.1, -0.05) is 41.5 Å². The molecule has 0 aliphatic carbocycles. The van der Waals surface area contributed by atoms with Gasteiger partial charge in [-0.2, -0.15) is 0 Å². The molecular weight excluding hydrogens is 269 g/mol. The van der Waals surface area contributed by atoms with E-state index in [2.05, 4.69) is 4.98 Å². The first-order valence-corrected chi connectivity index (χ1v) is 7.37. The van der Waals surface area contributed by atoms with Crippen LogP contribution in [0.25, 0.3) is 11.4 Å². The maximum Gasteiger partial charge on any atom is 0.417 e. The van der Waals surface area contributed by atoms with Crippen molar-refractivity contribution < 1.29 is 4.11 Å². The maximum atomic E-state index is 8.20. The summed E-state index contributed by atoms with van der Waals surface area (Å²) in [4.78, 5) is 6.04. The molecule has 0 fully saturated rings. The van der Waals surface area contributed by atoms with E-state index in [1.54, 1.807) is 6.20 Å². The number of para-hydroxylation sites is 1. The molecule has 1 aliphatic rings. The number of benzene rings is 2. The molecule has 0 radical (unpaired) electrons. The third kappa shape index (κ3) is 1.73. The van der Waals surface area contributed by atoms with E-state index in [1.165, 1.54) is 4.81 Å². The number of imidazole rings is 1. The Labute approximate surface area is 135 Å². The first kappa shape index (κ1) is 10.3. The Morgan fingerprint density at radius 3 is 2.59 bits per heavy atom. The molecule has 0 saturated heterocycles. The van der Waals surface area contributed by atoms with Gasteiger partial charge in [0, 0.05) is 27.8 Å². The van der Waals surface area contributed by atoms with Gasteiger partial charge in [0.05, 0.1) is 0 Å². The van der Waals surface area contributed by atoms with E-state index in [-0.39, 0.29) is 0 Å². The second-order valence-electron chi connectivity index (χ2n) is 5.72. The van der Waals surface area contributed by atoms with Crippen LogP contribution >= 0.6 is 0 Å². The highest BCUT2D eigenvalue weighted by atomic mass is 15.2. The lowest BCUT2D eigenvalue weighted by molar-refractivity contribution is 1.09. The molecule has 4 rings (SSSR count). The van der Waals surface area contributed by atoms with Crippen molar-refractivity contribution in [3.8, 4) is 11.4 Å². The summed E-state index contributed by atoms with van der Waals surface area (Å²) >= 11 is 0. The van der Waals surface area contributed by atoms with Crippen LogP contribution in [0.2, 0.25) is 0 Å². The molecule has 22 heavy (non-hydrogen) atoms. The Balaban J connectivity index is 2.06. The number of aromatic nitrogens is 2. The van der Waals surface area contributed by atoms with Crippen molar-refractivity contribution in [2.75, 3.05) is 11.8 Å². The van der Waals surface area contributed by atoms with Gasteiger partial charge in [-0.3, -0.25) is 0 Å². The van der Waals surface area contributed by atoms with E-state index < -0.39 is 14.0 Å². The molecule has 2 aromatic carbocycles. The number of fused-ring (bicyclic) bond motifs is 3. The fourth-order valence-electron chi connectivity index (χ4n) is 3.35. The van der Waals surface area contributed by atoms with Crippen molar-refractivity contribution in [2.24, 2.45) is 0 Å².